The molecule has 0 amide bonds. The number of halogens is 2. The molecule has 4 heterocycles. The van der Waals surface area contributed by atoms with Gasteiger partial charge in [0.2, 0.25) is 5.56 Å². The van der Waals surface area contributed by atoms with Gasteiger partial charge in [-0.2, -0.15) is 0 Å². The first-order chi connectivity index (χ1) is 17.9. The Hall–Kier alpha value is -3.81. The van der Waals surface area contributed by atoms with Crippen molar-refractivity contribution in [2.45, 2.75) is 19.3 Å². The number of nitrogens with zero attached hydrogens (tertiary/aromatic N) is 5. The van der Waals surface area contributed by atoms with Crippen molar-refractivity contribution < 1.29 is 34.8 Å². The summed E-state index contributed by atoms with van der Waals surface area (Å²) < 4.78 is 32.8. The fraction of sp³-hybridized carbons (Fsp3) is 0.231. The number of aromatic nitrogens is 5. The van der Waals surface area contributed by atoms with Crippen molar-refractivity contribution in [2.24, 2.45) is 13.0 Å². The minimum absolute atomic E-state index is 0. The van der Waals surface area contributed by atoms with Gasteiger partial charge in [-0.05, 0) is 30.5 Å². The van der Waals surface area contributed by atoms with Gasteiger partial charge in [0.1, 0.15) is 11.4 Å². The van der Waals surface area contributed by atoms with Gasteiger partial charge in [-0.1, -0.05) is 17.8 Å². The van der Waals surface area contributed by atoms with Crippen LogP contribution in [0.15, 0.2) is 47.7 Å². The minimum atomic E-state index is -2.77. The van der Waals surface area contributed by atoms with Gasteiger partial charge >= 0.3 is 16.5 Å². The topological polar surface area (TPSA) is 99.9 Å². The molecule has 0 unspecified atom stereocenters. The molecule has 38 heavy (non-hydrogen) atoms. The molecule has 0 aromatic carbocycles. The number of carbonyl (C=O) groups excluding carboxylic acids is 1. The van der Waals surface area contributed by atoms with E-state index in [4.69, 9.17) is 4.74 Å². The van der Waals surface area contributed by atoms with E-state index >= 15 is 0 Å². The Morgan fingerprint density at radius 2 is 2.00 bits per heavy atom. The first-order valence-corrected chi connectivity index (χ1v) is 11.8. The molecule has 1 aliphatic rings. The quantitative estimate of drug-likeness (QED) is 0.201. The second kappa shape index (κ2) is 13.1. The van der Waals surface area contributed by atoms with Crippen molar-refractivity contribution in [3.05, 3.63) is 75.0 Å². The van der Waals surface area contributed by atoms with Crippen LogP contribution >= 0.6 is 11.3 Å². The minimum Gasteiger partial charge on any atom is -0.496 e. The average molecular weight is 578 g/mol. The normalized spacial score (nSPS) is 11.9. The van der Waals surface area contributed by atoms with Gasteiger partial charge in [0.25, 0.3) is 6.43 Å². The molecule has 0 aliphatic heterocycles. The Bertz CT molecular complexity index is 1530. The van der Waals surface area contributed by atoms with E-state index in [-0.39, 0.29) is 38.9 Å². The first kappa shape index (κ1) is 28.8. The SMILES string of the molecule is C(#CC1CC1)c1nn[c-]s1.COc1cnc(C(F)F)cc1-c1cc(-c2ccc(=O)n(C)c2)ncc1[C-]=O.[Ni+2]. The van der Waals surface area contributed by atoms with Crippen LogP contribution in [0.25, 0.3) is 22.4 Å². The zero-order valence-electron chi connectivity index (χ0n) is 20.1. The summed E-state index contributed by atoms with van der Waals surface area (Å²) in [5.74, 6) is 6.92. The molecule has 196 valence electrons. The molecule has 4 aromatic rings. The van der Waals surface area contributed by atoms with E-state index in [2.05, 4.69) is 37.5 Å². The third-order valence-corrected chi connectivity index (χ3v) is 5.85. The Morgan fingerprint density at radius 1 is 1.21 bits per heavy atom. The number of methoxy groups -OCH3 is 1. The molecule has 0 N–H and O–H groups in total. The van der Waals surface area contributed by atoms with Crippen LogP contribution in [0.1, 0.15) is 35.5 Å². The first-order valence-electron chi connectivity index (χ1n) is 11.0. The van der Waals surface area contributed by atoms with Crippen molar-refractivity contribution in [3.63, 3.8) is 0 Å². The standard InChI is InChI=1S/C19H14F2N3O3.C7H5N2S.Ni/c1-24-9-11(3-4-18(24)26)15-5-13(12(10-25)7-22-15)14-6-16(19(20)21)23-8-17(14)27-2;1-2-6(1)3-4-7-9-8-5-10-7;/h3-9,19H,1-2H3;6H,1-2H2;/q2*-1;+2. The predicted octanol–water partition coefficient (Wildman–Crippen LogP) is 4.01. The second-order valence-electron chi connectivity index (χ2n) is 7.94. The molecule has 1 fully saturated rings. The summed E-state index contributed by atoms with van der Waals surface area (Å²) in [5.41, 5.74) is 3.79. The Kier molecular flexibility index (Phi) is 9.93. The fourth-order valence-corrected chi connectivity index (χ4v) is 3.57. The van der Waals surface area contributed by atoms with Gasteiger partial charge in [0, 0.05) is 41.5 Å². The summed E-state index contributed by atoms with van der Waals surface area (Å²) in [5, 5.41) is 8.10. The smallest absolute Gasteiger partial charge is 0.496 e. The maximum atomic E-state index is 13.1. The Morgan fingerprint density at radius 3 is 2.61 bits per heavy atom. The van der Waals surface area contributed by atoms with E-state index in [0.29, 0.717) is 22.7 Å². The third-order valence-electron chi connectivity index (χ3n) is 5.30. The van der Waals surface area contributed by atoms with Crippen molar-refractivity contribution in [3.8, 4) is 40.0 Å². The summed E-state index contributed by atoms with van der Waals surface area (Å²) in [6, 6.07) is 5.71. The van der Waals surface area contributed by atoms with Crippen LogP contribution < -0.4 is 10.3 Å². The van der Waals surface area contributed by atoms with Gasteiger partial charge in [0.05, 0.1) is 19.6 Å². The molecule has 0 bridgehead atoms. The van der Waals surface area contributed by atoms with Crippen LogP contribution in [0.5, 0.6) is 5.75 Å². The largest absolute Gasteiger partial charge is 2.00 e. The maximum absolute atomic E-state index is 13.1. The van der Waals surface area contributed by atoms with Gasteiger partial charge in [-0.25, -0.2) is 13.9 Å². The molecule has 0 radical (unpaired) electrons. The number of aryl methyl sites for hydroxylation is 1. The van der Waals surface area contributed by atoms with E-state index in [0.717, 1.165) is 5.01 Å². The molecular formula is C26H19F2N5NiO3S. The number of rotatable bonds is 5. The van der Waals surface area contributed by atoms with Gasteiger partial charge in [-0.3, -0.25) is 14.9 Å². The van der Waals surface area contributed by atoms with Crippen LogP contribution in [-0.2, 0) is 28.3 Å². The third kappa shape index (κ3) is 7.15. The van der Waals surface area contributed by atoms with Gasteiger partial charge < -0.3 is 30.4 Å². The second-order valence-corrected chi connectivity index (χ2v) is 8.71. The van der Waals surface area contributed by atoms with E-state index in [1.807, 2.05) is 0 Å². The number of pyridine rings is 3. The van der Waals surface area contributed by atoms with Crippen molar-refractivity contribution >= 4 is 17.6 Å². The number of alkyl halides is 2. The Balaban J connectivity index is 0.000000303. The molecular weight excluding hydrogens is 559 g/mol. The zero-order chi connectivity index (χ0) is 26.4. The van der Waals surface area contributed by atoms with Crippen LogP contribution in [0.4, 0.5) is 8.78 Å². The number of hydrogen-bond donors (Lipinski definition) is 0. The summed E-state index contributed by atoms with van der Waals surface area (Å²) in [7, 11) is 2.98. The fourth-order valence-electron chi connectivity index (χ4n) is 3.21. The monoisotopic (exact) mass is 577 g/mol. The summed E-state index contributed by atoms with van der Waals surface area (Å²) >= 11 is 1.37. The molecule has 0 spiro atoms. The molecule has 8 nitrogen and oxygen atoms in total. The number of ether oxygens (including phenoxy) is 1. The zero-order valence-corrected chi connectivity index (χ0v) is 21.9. The van der Waals surface area contributed by atoms with E-state index in [1.165, 1.54) is 60.4 Å². The van der Waals surface area contributed by atoms with Crippen LogP contribution in [0, 0.1) is 23.3 Å². The Labute approximate surface area is 231 Å². The van der Waals surface area contributed by atoms with Crippen LogP contribution in [-0.4, -0.2) is 38.1 Å². The summed E-state index contributed by atoms with van der Waals surface area (Å²) in [4.78, 5) is 30.8. The van der Waals surface area contributed by atoms with Crippen molar-refractivity contribution in [2.75, 3.05) is 7.11 Å². The van der Waals surface area contributed by atoms with Crippen LogP contribution in [0.2, 0.25) is 0 Å². The van der Waals surface area contributed by atoms with Crippen molar-refractivity contribution in [1.82, 2.24) is 24.7 Å². The molecule has 12 heteroatoms. The van der Waals surface area contributed by atoms with E-state index in [1.54, 1.807) is 31.7 Å². The summed E-state index contributed by atoms with van der Waals surface area (Å²) in [6.45, 7) is 0. The molecule has 0 atom stereocenters. The van der Waals surface area contributed by atoms with Gasteiger partial charge in [0.15, 0.2) is 0 Å². The summed E-state index contributed by atoms with van der Waals surface area (Å²) in [6.07, 6.45) is 5.57. The molecule has 1 aliphatic carbocycles. The van der Waals surface area contributed by atoms with Crippen LogP contribution in [0.3, 0.4) is 0 Å². The predicted molar refractivity (Wildman–Crippen MR) is 133 cm³/mol. The van der Waals surface area contributed by atoms with E-state index < -0.39 is 12.1 Å². The van der Waals surface area contributed by atoms with Crippen molar-refractivity contribution in [1.29, 1.82) is 0 Å². The number of hydrogen-bond acceptors (Lipinski definition) is 8. The average Bonchev–Trinajstić information content (AvgIpc) is 3.60. The van der Waals surface area contributed by atoms with Gasteiger partial charge in [-0.15, -0.1) is 23.0 Å². The van der Waals surface area contributed by atoms with E-state index in [9.17, 15) is 18.4 Å². The maximum Gasteiger partial charge on any atom is 2.00 e. The molecule has 0 saturated heterocycles. The molecule has 1 saturated carbocycles. The molecule has 5 rings (SSSR count). The molecule has 4 aromatic heterocycles.